The SMILES string of the molecule is O=C(NCCSc1ccccc1)C(=O)Nc1cccc2cccnc12. The predicted octanol–water partition coefficient (Wildman–Crippen LogP) is 3.08. The van der Waals surface area contributed by atoms with Gasteiger partial charge in [0.05, 0.1) is 11.2 Å². The van der Waals surface area contributed by atoms with Crippen molar-refractivity contribution in [2.75, 3.05) is 17.6 Å². The molecule has 0 atom stereocenters. The maximum atomic E-state index is 12.1. The molecule has 2 N–H and O–H groups in total. The molecular weight excluding hydrogens is 334 g/mol. The van der Waals surface area contributed by atoms with Gasteiger partial charge in [-0.25, -0.2) is 0 Å². The summed E-state index contributed by atoms with van der Waals surface area (Å²) in [5, 5.41) is 6.15. The Labute approximate surface area is 149 Å². The number of thioether (sulfide) groups is 1. The average molecular weight is 351 g/mol. The van der Waals surface area contributed by atoms with Gasteiger partial charge in [0.15, 0.2) is 0 Å². The minimum Gasteiger partial charge on any atom is -0.347 e. The van der Waals surface area contributed by atoms with Gasteiger partial charge in [0.2, 0.25) is 0 Å². The van der Waals surface area contributed by atoms with E-state index in [1.54, 1.807) is 24.0 Å². The van der Waals surface area contributed by atoms with Gasteiger partial charge in [-0.2, -0.15) is 0 Å². The molecule has 5 nitrogen and oxygen atoms in total. The van der Waals surface area contributed by atoms with E-state index in [1.165, 1.54) is 0 Å². The largest absolute Gasteiger partial charge is 0.347 e. The molecule has 0 fully saturated rings. The second kappa shape index (κ2) is 8.30. The van der Waals surface area contributed by atoms with Crippen LogP contribution in [0.15, 0.2) is 71.8 Å². The third-order valence-electron chi connectivity index (χ3n) is 3.49. The minimum absolute atomic E-state index is 0.416. The number of fused-ring (bicyclic) bond motifs is 1. The van der Waals surface area contributed by atoms with Gasteiger partial charge in [0.25, 0.3) is 0 Å². The number of nitrogens with one attached hydrogen (secondary N) is 2. The number of nitrogens with zero attached hydrogens (tertiary/aromatic N) is 1. The zero-order chi connectivity index (χ0) is 17.5. The number of hydrogen-bond acceptors (Lipinski definition) is 4. The number of pyridine rings is 1. The number of amides is 2. The third-order valence-corrected chi connectivity index (χ3v) is 4.50. The summed E-state index contributed by atoms with van der Waals surface area (Å²) in [6.07, 6.45) is 1.65. The first-order valence-electron chi connectivity index (χ1n) is 7.85. The van der Waals surface area contributed by atoms with E-state index in [-0.39, 0.29) is 0 Å². The highest BCUT2D eigenvalue weighted by Gasteiger charge is 2.14. The van der Waals surface area contributed by atoms with Crippen molar-refractivity contribution in [2.24, 2.45) is 0 Å². The van der Waals surface area contributed by atoms with Crippen LogP contribution >= 0.6 is 11.8 Å². The van der Waals surface area contributed by atoms with Crippen molar-refractivity contribution in [1.82, 2.24) is 10.3 Å². The molecule has 2 amide bonds. The van der Waals surface area contributed by atoms with Crippen molar-refractivity contribution in [3.05, 3.63) is 66.9 Å². The molecule has 0 saturated carbocycles. The smallest absolute Gasteiger partial charge is 0.313 e. The van der Waals surface area contributed by atoms with Crippen molar-refractivity contribution in [3.63, 3.8) is 0 Å². The van der Waals surface area contributed by atoms with Crippen LogP contribution in [-0.2, 0) is 9.59 Å². The molecule has 0 aliphatic heterocycles. The fraction of sp³-hybridized carbons (Fsp3) is 0.105. The zero-order valence-corrected chi connectivity index (χ0v) is 14.3. The molecule has 25 heavy (non-hydrogen) atoms. The molecule has 0 aliphatic rings. The van der Waals surface area contributed by atoms with Crippen molar-refractivity contribution in [3.8, 4) is 0 Å². The van der Waals surface area contributed by atoms with Crippen LogP contribution in [0.1, 0.15) is 0 Å². The van der Waals surface area contributed by atoms with E-state index in [4.69, 9.17) is 0 Å². The number of benzene rings is 2. The number of para-hydroxylation sites is 1. The molecule has 0 bridgehead atoms. The zero-order valence-electron chi connectivity index (χ0n) is 13.4. The highest BCUT2D eigenvalue weighted by atomic mass is 32.2. The van der Waals surface area contributed by atoms with Gasteiger partial charge in [-0.1, -0.05) is 36.4 Å². The Balaban J connectivity index is 1.51. The lowest BCUT2D eigenvalue weighted by Gasteiger charge is -2.08. The van der Waals surface area contributed by atoms with Crippen LogP contribution < -0.4 is 10.6 Å². The Morgan fingerprint density at radius 1 is 0.920 bits per heavy atom. The molecule has 2 aromatic carbocycles. The summed E-state index contributed by atoms with van der Waals surface area (Å²) < 4.78 is 0. The van der Waals surface area contributed by atoms with Gasteiger partial charge >= 0.3 is 11.8 Å². The molecule has 0 unspecified atom stereocenters. The molecular formula is C19H17N3O2S. The highest BCUT2D eigenvalue weighted by Crippen LogP contribution is 2.20. The maximum absolute atomic E-state index is 12.1. The van der Waals surface area contributed by atoms with Crippen LogP contribution in [0.4, 0.5) is 5.69 Å². The summed E-state index contributed by atoms with van der Waals surface area (Å²) in [6, 6.07) is 19.1. The molecule has 0 saturated heterocycles. The summed E-state index contributed by atoms with van der Waals surface area (Å²) in [5.74, 6) is -0.650. The molecule has 1 heterocycles. The molecule has 6 heteroatoms. The topological polar surface area (TPSA) is 71.1 Å². The van der Waals surface area contributed by atoms with E-state index in [0.29, 0.717) is 23.5 Å². The lowest BCUT2D eigenvalue weighted by molar-refractivity contribution is -0.136. The van der Waals surface area contributed by atoms with Crippen molar-refractivity contribution in [2.45, 2.75) is 4.90 Å². The number of carbonyl (C=O) groups is 2. The average Bonchev–Trinajstić information content (AvgIpc) is 2.66. The fourth-order valence-corrected chi connectivity index (χ4v) is 3.10. The van der Waals surface area contributed by atoms with E-state index in [2.05, 4.69) is 15.6 Å². The monoisotopic (exact) mass is 351 g/mol. The van der Waals surface area contributed by atoms with Gasteiger partial charge in [-0.15, -0.1) is 11.8 Å². The second-order valence-corrected chi connectivity index (χ2v) is 6.42. The summed E-state index contributed by atoms with van der Waals surface area (Å²) in [4.78, 5) is 29.4. The predicted molar refractivity (Wildman–Crippen MR) is 101 cm³/mol. The van der Waals surface area contributed by atoms with Crippen LogP contribution in [0.2, 0.25) is 0 Å². The van der Waals surface area contributed by atoms with Crippen molar-refractivity contribution < 1.29 is 9.59 Å². The standard InChI is InChI=1S/C19H17N3O2S/c23-18(21-12-13-25-15-8-2-1-3-9-15)19(24)22-16-10-4-6-14-7-5-11-20-17(14)16/h1-11H,12-13H2,(H,21,23)(H,22,24). The highest BCUT2D eigenvalue weighted by molar-refractivity contribution is 7.99. The number of carbonyl (C=O) groups excluding carboxylic acids is 2. The molecule has 0 spiro atoms. The Morgan fingerprint density at radius 3 is 2.56 bits per heavy atom. The van der Waals surface area contributed by atoms with Crippen LogP contribution in [0, 0.1) is 0 Å². The van der Waals surface area contributed by atoms with Crippen LogP contribution in [-0.4, -0.2) is 29.1 Å². The van der Waals surface area contributed by atoms with Crippen LogP contribution in [0.5, 0.6) is 0 Å². The Hall–Kier alpha value is -2.86. The number of anilines is 1. The van der Waals surface area contributed by atoms with E-state index in [9.17, 15) is 9.59 Å². The Morgan fingerprint density at radius 2 is 1.72 bits per heavy atom. The second-order valence-electron chi connectivity index (χ2n) is 5.25. The first-order chi connectivity index (χ1) is 12.2. The van der Waals surface area contributed by atoms with Crippen molar-refractivity contribution >= 4 is 40.2 Å². The Bertz CT molecular complexity index is 879. The van der Waals surface area contributed by atoms with Gasteiger partial charge in [0, 0.05) is 28.8 Å². The van der Waals surface area contributed by atoms with E-state index >= 15 is 0 Å². The molecule has 3 rings (SSSR count). The molecule has 3 aromatic rings. The first kappa shape index (κ1) is 17.0. The quantitative estimate of drug-likeness (QED) is 0.421. The van der Waals surface area contributed by atoms with Gasteiger partial charge in [-0.3, -0.25) is 14.6 Å². The molecule has 126 valence electrons. The van der Waals surface area contributed by atoms with E-state index < -0.39 is 11.8 Å². The van der Waals surface area contributed by atoms with E-state index in [0.717, 1.165) is 10.3 Å². The summed E-state index contributed by atoms with van der Waals surface area (Å²) >= 11 is 1.62. The summed E-state index contributed by atoms with van der Waals surface area (Å²) in [7, 11) is 0. The minimum atomic E-state index is -0.692. The first-order valence-corrected chi connectivity index (χ1v) is 8.83. The van der Waals surface area contributed by atoms with Gasteiger partial charge in [0.1, 0.15) is 0 Å². The van der Waals surface area contributed by atoms with Crippen molar-refractivity contribution in [1.29, 1.82) is 0 Å². The lowest BCUT2D eigenvalue weighted by atomic mass is 10.2. The number of hydrogen-bond donors (Lipinski definition) is 2. The van der Waals surface area contributed by atoms with Crippen LogP contribution in [0.25, 0.3) is 10.9 Å². The number of rotatable bonds is 5. The third kappa shape index (κ3) is 4.58. The molecule has 0 aliphatic carbocycles. The fourth-order valence-electron chi connectivity index (χ4n) is 2.31. The van der Waals surface area contributed by atoms with E-state index in [1.807, 2.05) is 54.6 Å². The van der Waals surface area contributed by atoms with Gasteiger partial charge < -0.3 is 10.6 Å². The van der Waals surface area contributed by atoms with Crippen LogP contribution in [0.3, 0.4) is 0 Å². The molecule has 0 radical (unpaired) electrons. The molecule has 1 aromatic heterocycles. The maximum Gasteiger partial charge on any atom is 0.313 e. The lowest BCUT2D eigenvalue weighted by Crippen LogP contribution is -2.36. The van der Waals surface area contributed by atoms with Gasteiger partial charge in [-0.05, 0) is 24.3 Å². The summed E-state index contributed by atoms with van der Waals surface area (Å²) in [6.45, 7) is 0.416. The normalized spacial score (nSPS) is 10.4. The Kier molecular flexibility index (Phi) is 5.64. The number of aromatic nitrogens is 1. The summed E-state index contributed by atoms with van der Waals surface area (Å²) in [5.41, 5.74) is 1.18.